The van der Waals surface area contributed by atoms with E-state index in [9.17, 15) is 9.59 Å². The molecule has 0 saturated carbocycles. The third kappa shape index (κ3) is 3.30. The molecule has 0 radical (unpaired) electrons. The lowest BCUT2D eigenvalue weighted by molar-refractivity contribution is -0.119. The molecule has 0 unspecified atom stereocenters. The van der Waals surface area contributed by atoms with Gasteiger partial charge in [-0.1, -0.05) is 30.3 Å². The fourth-order valence-electron chi connectivity index (χ4n) is 3.52. The van der Waals surface area contributed by atoms with Crippen molar-refractivity contribution in [3.8, 4) is 6.07 Å². The van der Waals surface area contributed by atoms with Crippen molar-refractivity contribution >= 4 is 28.5 Å². The van der Waals surface area contributed by atoms with Crippen LogP contribution in [0.25, 0.3) is 10.9 Å². The number of fused-ring (bicyclic) bond motifs is 2. The number of hydrogen-bond acceptors (Lipinski definition) is 5. The van der Waals surface area contributed by atoms with Crippen LogP contribution in [0.1, 0.15) is 33.6 Å². The monoisotopic (exact) mass is 371 g/mol. The Bertz CT molecular complexity index is 1130. The van der Waals surface area contributed by atoms with Crippen LogP contribution in [0.4, 0.5) is 5.69 Å². The van der Waals surface area contributed by atoms with Gasteiger partial charge in [0.2, 0.25) is 0 Å². The first kappa shape index (κ1) is 17.7. The van der Waals surface area contributed by atoms with E-state index in [1.165, 1.54) is 0 Å². The molecule has 0 bridgehead atoms. The van der Waals surface area contributed by atoms with Crippen molar-refractivity contribution in [2.24, 2.45) is 0 Å². The van der Waals surface area contributed by atoms with E-state index in [4.69, 9.17) is 10.00 Å². The number of rotatable bonds is 4. The molecular formula is C22H17N3O3. The van der Waals surface area contributed by atoms with Crippen molar-refractivity contribution in [1.82, 2.24) is 4.98 Å². The molecule has 0 fully saturated rings. The number of benzene rings is 2. The Morgan fingerprint density at radius 2 is 1.89 bits per heavy atom. The van der Waals surface area contributed by atoms with E-state index < -0.39 is 18.5 Å². The van der Waals surface area contributed by atoms with Crippen molar-refractivity contribution in [2.75, 3.05) is 11.9 Å². The van der Waals surface area contributed by atoms with E-state index in [2.05, 4.69) is 10.3 Å². The molecule has 0 spiro atoms. The van der Waals surface area contributed by atoms with Crippen LogP contribution >= 0.6 is 0 Å². The van der Waals surface area contributed by atoms with Gasteiger partial charge < -0.3 is 10.1 Å². The number of carbonyl (C=O) groups is 2. The second-order valence-corrected chi connectivity index (χ2v) is 6.56. The molecule has 1 N–H and O–H groups in total. The number of pyridine rings is 1. The van der Waals surface area contributed by atoms with Crippen molar-refractivity contribution in [3.63, 3.8) is 0 Å². The van der Waals surface area contributed by atoms with Gasteiger partial charge in [0.05, 0.1) is 22.3 Å². The summed E-state index contributed by atoms with van der Waals surface area (Å²) >= 11 is 0. The maximum absolute atomic E-state index is 12.8. The van der Waals surface area contributed by atoms with Gasteiger partial charge in [0.25, 0.3) is 5.91 Å². The first-order valence-electron chi connectivity index (χ1n) is 9.04. The lowest BCUT2D eigenvalue weighted by Gasteiger charge is -2.12. The van der Waals surface area contributed by atoms with Crippen LogP contribution in [-0.2, 0) is 22.4 Å². The number of aryl methyl sites for hydroxylation is 1. The lowest BCUT2D eigenvalue weighted by atomic mass is 10.0. The number of carbonyl (C=O) groups excluding carboxylic acids is 2. The molecule has 4 rings (SSSR count). The molecule has 1 aliphatic carbocycles. The average molecular weight is 371 g/mol. The van der Waals surface area contributed by atoms with Crippen LogP contribution in [0, 0.1) is 11.3 Å². The van der Waals surface area contributed by atoms with Crippen LogP contribution in [0.2, 0.25) is 0 Å². The fraction of sp³-hybridized carbons (Fsp3) is 0.182. The van der Waals surface area contributed by atoms with Crippen LogP contribution < -0.4 is 5.32 Å². The number of amides is 1. The van der Waals surface area contributed by atoms with Crippen LogP contribution in [0.3, 0.4) is 0 Å². The molecule has 1 aliphatic rings. The summed E-state index contributed by atoms with van der Waals surface area (Å²) < 4.78 is 5.31. The van der Waals surface area contributed by atoms with E-state index in [-0.39, 0.29) is 0 Å². The molecule has 138 valence electrons. The van der Waals surface area contributed by atoms with E-state index >= 15 is 0 Å². The van der Waals surface area contributed by atoms with Crippen LogP contribution in [-0.4, -0.2) is 23.5 Å². The second kappa shape index (κ2) is 7.49. The highest BCUT2D eigenvalue weighted by Gasteiger charge is 2.25. The molecule has 0 saturated heterocycles. The van der Waals surface area contributed by atoms with Gasteiger partial charge in [0, 0.05) is 11.1 Å². The Balaban J connectivity index is 1.53. The first-order valence-corrected chi connectivity index (χ1v) is 9.04. The van der Waals surface area contributed by atoms with E-state index in [0.717, 1.165) is 41.4 Å². The third-order valence-electron chi connectivity index (χ3n) is 4.78. The highest BCUT2D eigenvalue weighted by atomic mass is 16.5. The number of nitriles is 1. The lowest BCUT2D eigenvalue weighted by Crippen LogP contribution is -2.22. The highest BCUT2D eigenvalue weighted by Crippen LogP contribution is 2.30. The summed E-state index contributed by atoms with van der Waals surface area (Å²) in [5, 5.41) is 12.4. The number of ether oxygens (including phenoxy) is 1. The number of hydrogen-bond donors (Lipinski definition) is 1. The summed E-state index contributed by atoms with van der Waals surface area (Å²) in [7, 11) is 0. The quantitative estimate of drug-likeness (QED) is 0.710. The van der Waals surface area contributed by atoms with Crippen molar-refractivity contribution in [3.05, 3.63) is 70.9 Å². The SMILES string of the molecule is N#Cc1ccccc1NC(=O)COC(=O)c1c2c(nc3ccccc13)CCC2. The van der Waals surface area contributed by atoms with Crippen LogP contribution in [0.15, 0.2) is 48.5 Å². The number of para-hydroxylation sites is 2. The van der Waals surface area contributed by atoms with Gasteiger partial charge in [0.1, 0.15) is 6.07 Å². The molecule has 28 heavy (non-hydrogen) atoms. The number of nitrogens with one attached hydrogen (secondary N) is 1. The zero-order chi connectivity index (χ0) is 19.5. The zero-order valence-corrected chi connectivity index (χ0v) is 15.1. The summed E-state index contributed by atoms with van der Waals surface area (Å²) in [6, 6.07) is 16.1. The van der Waals surface area contributed by atoms with Crippen molar-refractivity contribution in [2.45, 2.75) is 19.3 Å². The van der Waals surface area contributed by atoms with Crippen molar-refractivity contribution in [1.29, 1.82) is 5.26 Å². The normalized spacial score (nSPS) is 12.2. The highest BCUT2D eigenvalue weighted by molar-refractivity contribution is 6.06. The minimum absolute atomic E-state index is 0.347. The third-order valence-corrected chi connectivity index (χ3v) is 4.78. The van der Waals surface area contributed by atoms with Gasteiger partial charge in [-0.05, 0) is 43.0 Å². The molecule has 2 aromatic carbocycles. The predicted octanol–water partition coefficient (Wildman–Crippen LogP) is 3.39. The molecule has 1 aromatic heterocycles. The standard InChI is InChI=1S/C22H17N3O3/c23-12-14-6-1-3-9-17(14)25-20(26)13-28-22(27)21-15-7-2-4-10-18(15)24-19-11-5-8-16(19)21/h1-4,6-7,9-10H,5,8,11,13H2,(H,25,26). The second-order valence-electron chi connectivity index (χ2n) is 6.56. The molecule has 1 amide bonds. The smallest absolute Gasteiger partial charge is 0.339 e. The number of aromatic nitrogens is 1. The molecule has 0 aliphatic heterocycles. The molecular weight excluding hydrogens is 354 g/mol. The van der Waals surface area contributed by atoms with E-state index in [0.29, 0.717) is 16.8 Å². The Kier molecular flexibility index (Phi) is 4.73. The maximum Gasteiger partial charge on any atom is 0.339 e. The van der Waals surface area contributed by atoms with E-state index in [1.807, 2.05) is 30.3 Å². The summed E-state index contributed by atoms with van der Waals surface area (Å²) in [4.78, 5) is 29.7. The number of anilines is 1. The number of nitrogens with zero attached hydrogens (tertiary/aromatic N) is 2. The molecule has 6 heteroatoms. The first-order chi connectivity index (χ1) is 13.7. The van der Waals surface area contributed by atoms with Gasteiger partial charge in [-0.15, -0.1) is 0 Å². The zero-order valence-electron chi connectivity index (χ0n) is 15.1. The summed E-state index contributed by atoms with van der Waals surface area (Å²) in [5.41, 5.74) is 3.84. The maximum atomic E-state index is 12.8. The van der Waals surface area contributed by atoms with Crippen molar-refractivity contribution < 1.29 is 14.3 Å². The number of esters is 1. The Morgan fingerprint density at radius 3 is 2.75 bits per heavy atom. The van der Waals surface area contributed by atoms with Gasteiger partial charge in [-0.3, -0.25) is 9.78 Å². The predicted molar refractivity (Wildman–Crippen MR) is 104 cm³/mol. The van der Waals surface area contributed by atoms with Gasteiger partial charge in [0.15, 0.2) is 6.61 Å². The summed E-state index contributed by atoms with van der Waals surface area (Å²) in [5.74, 6) is -1.02. The minimum atomic E-state index is -0.527. The van der Waals surface area contributed by atoms with Gasteiger partial charge in [-0.2, -0.15) is 5.26 Å². The topological polar surface area (TPSA) is 92.1 Å². The Labute approximate surface area is 161 Å². The Hall–Kier alpha value is -3.72. The molecule has 0 atom stereocenters. The summed E-state index contributed by atoms with van der Waals surface area (Å²) in [6.07, 6.45) is 2.57. The minimum Gasteiger partial charge on any atom is -0.452 e. The molecule has 3 aromatic rings. The van der Waals surface area contributed by atoms with Crippen LogP contribution in [0.5, 0.6) is 0 Å². The fourth-order valence-corrected chi connectivity index (χ4v) is 3.52. The van der Waals surface area contributed by atoms with E-state index in [1.54, 1.807) is 24.3 Å². The molecule has 1 heterocycles. The average Bonchev–Trinajstić information content (AvgIpc) is 3.18. The van der Waals surface area contributed by atoms with Gasteiger partial charge in [-0.25, -0.2) is 4.79 Å². The largest absolute Gasteiger partial charge is 0.452 e. The van der Waals surface area contributed by atoms with Gasteiger partial charge >= 0.3 is 5.97 Å². The summed E-state index contributed by atoms with van der Waals surface area (Å²) in [6.45, 7) is -0.427. The molecule has 6 nitrogen and oxygen atoms in total. The Morgan fingerprint density at radius 1 is 1.11 bits per heavy atom.